The zero-order chi connectivity index (χ0) is 13.1. The molecule has 1 rings (SSSR count). The van der Waals surface area contributed by atoms with Crippen LogP contribution in [0.3, 0.4) is 0 Å². The molecule has 0 fully saturated rings. The number of benzene rings is 1. The first-order valence-corrected chi connectivity index (χ1v) is 5.13. The highest BCUT2D eigenvalue weighted by Gasteiger charge is 2.33. The third kappa shape index (κ3) is 4.72. The van der Waals surface area contributed by atoms with E-state index in [1.807, 2.05) is 0 Å². The van der Waals surface area contributed by atoms with Gasteiger partial charge in [-0.1, -0.05) is 25.1 Å². The maximum absolute atomic E-state index is 12.1. The summed E-state index contributed by atoms with van der Waals surface area (Å²) in [6.45, 7) is 1.69. The lowest BCUT2D eigenvalue weighted by molar-refractivity contribution is -0.275. The molecule has 18 heavy (non-hydrogen) atoms. The first-order chi connectivity index (χ1) is 7.85. The molecule has 1 aromatic carbocycles. The average molecular weight is 286 g/mol. The summed E-state index contributed by atoms with van der Waals surface area (Å²) in [4.78, 5) is 0. The molecule has 0 aliphatic rings. The van der Waals surface area contributed by atoms with Crippen molar-refractivity contribution in [2.75, 3.05) is 0 Å². The van der Waals surface area contributed by atoms with Crippen molar-refractivity contribution in [3.05, 3.63) is 29.8 Å². The molecule has 7 heteroatoms. The Labute approximate surface area is 109 Å². The molecule has 0 heterocycles. The van der Waals surface area contributed by atoms with E-state index >= 15 is 0 Å². The Morgan fingerprint density at radius 2 is 1.89 bits per heavy atom. The van der Waals surface area contributed by atoms with Gasteiger partial charge < -0.3 is 15.6 Å². The second kappa shape index (κ2) is 6.82. The van der Waals surface area contributed by atoms with Gasteiger partial charge in [-0.15, -0.1) is 25.6 Å². The number of ether oxygens (including phenoxy) is 1. The van der Waals surface area contributed by atoms with Gasteiger partial charge >= 0.3 is 6.36 Å². The molecule has 0 amide bonds. The third-order valence-corrected chi connectivity index (χ3v) is 2.34. The predicted molar refractivity (Wildman–Crippen MR) is 63.6 cm³/mol. The maximum Gasteiger partial charge on any atom is 0.573 e. The molecule has 0 aliphatic carbocycles. The largest absolute Gasteiger partial charge is 0.573 e. The first-order valence-electron chi connectivity index (χ1n) is 5.13. The number of para-hydroxylation sites is 1. The van der Waals surface area contributed by atoms with Gasteiger partial charge in [0.2, 0.25) is 0 Å². The number of hydrogen-bond acceptors (Lipinski definition) is 3. The fourth-order valence-corrected chi connectivity index (χ4v) is 1.43. The summed E-state index contributed by atoms with van der Waals surface area (Å²) < 4.78 is 40.3. The molecule has 104 valence electrons. The van der Waals surface area contributed by atoms with Gasteiger partial charge in [0.25, 0.3) is 0 Å². The quantitative estimate of drug-likeness (QED) is 0.894. The summed E-state index contributed by atoms with van der Waals surface area (Å²) in [7, 11) is 0. The number of aliphatic hydroxyl groups excluding tert-OH is 1. The number of halogens is 4. The van der Waals surface area contributed by atoms with Crippen LogP contribution in [0.15, 0.2) is 24.3 Å². The van der Waals surface area contributed by atoms with Crippen LogP contribution in [0.1, 0.15) is 24.9 Å². The number of alkyl halides is 3. The summed E-state index contributed by atoms with van der Waals surface area (Å²) in [5, 5.41) is 9.54. The minimum atomic E-state index is -4.77. The average Bonchev–Trinajstić information content (AvgIpc) is 2.25. The second-order valence-electron chi connectivity index (χ2n) is 3.59. The molecule has 0 bridgehead atoms. The van der Waals surface area contributed by atoms with Gasteiger partial charge in [-0.3, -0.25) is 0 Å². The molecule has 2 atom stereocenters. The number of hydrogen-bond donors (Lipinski definition) is 2. The minimum Gasteiger partial charge on any atom is -0.405 e. The van der Waals surface area contributed by atoms with E-state index in [0.29, 0.717) is 6.42 Å². The van der Waals surface area contributed by atoms with Gasteiger partial charge in [-0.25, -0.2) is 0 Å². The van der Waals surface area contributed by atoms with Crippen LogP contribution in [-0.4, -0.2) is 17.6 Å². The van der Waals surface area contributed by atoms with Crippen LogP contribution in [-0.2, 0) is 0 Å². The van der Waals surface area contributed by atoms with Crippen LogP contribution in [0.5, 0.6) is 5.75 Å². The summed E-state index contributed by atoms with van der Waals surface area (Å²) in [6.07, 6.45) is -5.33. The van der Waals surface area contributed by atoms with Crippen molar-refractivity contribution in [1.29, 1.82) is 0 Å². The number of rotatable bonds is 4. The molecule has 0 spiro atoms. The minimum absolute atomic E-state index is 0. The Bertz CT molecular complexity index is 374. The summed E-state index contributed by atoms with van der Waals surface area (Å²) in [5.74, 6) is -0.375. The Morgan fingerprint density at radius 1 is 1.33 bits per heavy atom. The predicted octanol–water partition coefficient (Wildman–Crippen LogP) is 2.78. The molecular formula is C11H15ClF3NO2. The van der Waals surface area contributed by atoms with Crippen molar-refractivity contribution < 1.29 is 23.0 Å². The highest BCUT2D eigenvalue weighted by molar-refractivity contribution is 5.85. The lowest BCUT2D eigenvalue weighted by Gasteiger charge is -2.21. The lowest BCUT2D eigenvalue weighted by atomic mass is 10.00. The van der Waals surface area contributed by atoms with E-state index in [2.05, 4.69) is 4.74 Å². The van der Waals surface area contributed by atoms with E-state index in [1.165, 1.54) is 18.2 Å². The van der Waals surface area contributed by atoms with E-state index in [0.717, 1.165) is 0 Å². The van der Waals surface area contributed by atoms with Gasteiger partial charge in [-0.05, 0) is 12.5 Å². The topological polar surface area (TPSA) is 55.5 Å². The Kier molecular flexibility index (Phi) is 6.45. The van der Waals surface area contributed by atoms with Gasteiger partial charge in [0, 0.05) is 5.56 Å². The van der Waals surface area contributed by atoms with Crippen molar-refractivity contribution >= 4 is 12.4 Å². The Balaban J connectivity index is 0.00000289. The smallest absolute Gasteiger partial charge is 0.405 e. The normalized spacial score (nSPS) is 14.6. The molecule has 3 N–H and O–H groups in total. The second-order valence-corrected chi connectivity index (χ2v) is 3.59. The van der Waals surface area contributed by atoms with Crippen LogP contribution in [0.4, 0.5) is 13.2 Å². The Hall–Kier alpha value is -0.980. The third-order valence-electron chi connectivity index (χ3n) is 2.34. The van der Waals surface area contributed by atoms with Gasteiger partial charge in [0.15, 0.2) is 0 Å². The molecule has 0 saturated heterocycles. The van der Waals surface area contributed by atoms with Crippen molar-refractivity contribution in [1.82, 2.24) is 0 Å². The molecule has 0 saturated carbocycles. The molecule has 0 radical (unpaired) electrons. The lowest BCUT2D eigenvalue weighted by Crippen LogP contribution is -2.27. The summed E-state index contributed by atoms with van der Waals surface area (Å²) in [6, 6.07) is 4.63. The van der Waals surface area contributed by atoms with Crippen LogP contribution < -0.4 is 10.5 Å². The van der Waals surface area contributed by atoms with E-state index in [-0.39, 0.29) is 23.7 Å². The molecule has 1 aromatic rings. The van der Waals surface area contributed by atoms with Gasteiger partial charge in [0.1, 0.15) is 5.75 Å². The van der Waals surface area contributed by atoms with Gasteiger partial charge in [0.05, 0.1) is 12.1 Å². The van der Waals surface area contributed by atoms with E-state index in [4.69, 9.17) is 5.73 Å². The highest BCUT2D eigenvalue weighted by Crippen LogP contribution is 2.30. The highest BCUT2D eigenvalue weighted by atomic mass is 35.5. The summed E-state index contributed by atoms with van der Waals surface area (Å²) in [5.41, 5.74) is 5.81. The van der Waals surface area contributed by atoms with Crippen LogP contribution in [0, 0.1) is 0 Å². The van der Waals surface area contributed by atoms with Crippen molar-refractivity contribution in [2.45, 2.75) is 31.9 Å². The van der Waals surface area contributed by atoms with Crippen LogP contribution in [0.25, 0.3) is 0 Å². The molecular weight excluding hydrogens is 271 g/mol. The SMILES string of the molecule is CC[C@H](O)[C@H](N)c1ccccc1OC(F)(F)F.Cl. The number of nitrogens with two attached hydrogens (primary N) is 1. The van der Waals surface area contributed by atoms with Crippen LogP contribution in [0.2, 0.25) is 0 Å². The van der Waals surface area contributed by atoms with Crippen LogP contribution >= 0.6 is 12.4 Å². The van der Waals surface area contributed by atoms with Gasteiger partial charge in [-0.2, -0.15) is 0 Å². The molecule has 0 aliphatic heterocycles. The summed E-state index contributed by atoms with van der Waals surface area (Å²) >= 11 is 0. The zero-order valence-electron chi connectivity index (χ0n) is 9.65. The molecule has 0 aromatic heterocycles. The maximum atomic E-state index is 12.1. The monoisotopic (exact) mass is 285 g/mol. The molecule has 0 unspecified atom stereocenters. The van der Waals surface area contributed by atoms with E-state index in [9.17, 15) is 18.3 Å². The fraction of sp³-hybridized carbons (Fsp3) is 0.455. The van der Waals surface area contributed by atoms with Crippen molar-refractivity contribution in [2.24, 2.45) is 5.73 Å². The fourth-order valence-electron chi connectivity index (χ4n) is 1.43. The number of aliphatic hydroxyl groups is 1. The van der Waals surface area contributed by atoms with Crippen molar-refractivity contribution in [3.8, 4) is 5.75 Å². The Morgan fingerprint density at radius 3 is 2.39 bits per heavy atom. The van der Waals surface area contributed by atoms with Crippen molar-refractivity contribution in [3.63, 3.8) is 0 Å². The standard InChI is InChI=1S/C11H14F3NO2.ClH/c1-2-8(16)10(15)7-5-3-4-6-9(7)17-11(12,13)14;/h3-6,8,10,16H,2,15H2,1H3;1H/t8-,10+;/m0./s1. The first kappa shape index (κ1) is 17.0. The zero-order valence-corrected chi connectivity index (χ0v) is 10.5. The molecule has 3 nitrogen and oxygen atoms in total. The van der Waals surface area contributed by atoms with E-state index in [1.54, 1.807) is 13.0 Å². The van der Waals surface area contributed by atoms with E-state index < -0.39 is 18.5 Å².